The van der Waals surface area contributed by atoms with Crippen LogP contribution in [0.3, 0.4) is 0 Å². The fourth-order valence-corrected chi connectivity index (χ4v) is 6.45. The van der Waals surface area contributed by atoms with Gasteiger partial charge in [-0.05, 0) is 74.7 Å². The Bertz CT molecular complexity index is 1670. The first-order valence-electron chi connectivity index (χ1n) is 12.9. The third-order valence-corrected chi connectivity index (χ3v) is 8.88. The largest absolute Gasteiger partial charge is 0.307 e. The Hall–Kier alpha value is -3.27. The molecule has 0 saturated carbocycles. The zero-order chi connectivity index (χ0) is 28.2. The van der Waals surface area contributed by atoms with Crippen molar-refractivity contribution in [1.29, 1.82) is 0 Å². The number of likely N-dealkylation sites (N-methyl/N-ethyl adjacent to an activating group) is 2. The minimum atomic E-state index is -2.64. The van der Waals surface area contributed by atoms with Crippen LogP contribution in [0.15, 0.2) is 102 Å². The van der Waals surface area contributed by atoms with Crippen LogP contribution in [-0.2, 0) is 17.2 Å². The van der Waals surface area contributed by atoms with E-state index < -0.39 is 10.7 Å². The smallest absolute Gasteiger partial charge is 0.168 e. The minimum absolute atomic E-state index is 0.193. The molecule has 6 nitrogen and oxygen atoms in total. The molecule has 5 aromatic rings. The van der Waals surface area contributed by atoms with Crippen LogP contribution in [-0.4, -0.2) is 55.7 Å². The summed E-state index contributed by atoms with van der Waals surface area (Å²) in [7, 11) is 3.67. The van der Waals surface area contributed by atoms with Gasteiger partial charge in [-0.1, -0.05) is 66.2 Å². The predicted octanol–water partition coefficient (Wildman–Crippen LogP) is 6.63. The van der Waals surface area contributed by atoms with Gasteiger partial charge in [0.15, 0.2) is 10.7 Å². The zero-order valence-electron chi connectivity index (χ0n) is 22.6. The fourth-order valence-electron chi connectivity index (χ4n) is 4.78. The molecular formula is C31H31ClN4O2S2. The Balaban J connectivity index is 1.52. The molecule has 40 heavy (non-hydrogen) atoms. The van der Waals surface area contributed by atoms with Crippen molar-refractivity contribution in [2.24, 2.45) is 0 Å². The Labute approximate surface area is 246 Å². The van der Waals surface area contributed by atoms with E-state index in [2.05, 4.69) is 67.3 Å². The monoisotopic (exact) mass is 590 g/mol. The number of halogens is 1. The molecule has 3 aromatic carbocycles. The molecule has 0 spiro atoms. The van der Waals surface area contributed by atoms with Crippen LogP contribution < -0.4 is 0 Å². The van der Waals surface area contributed by atoms with Crippen molar-refractivity contribution in [3.63, 3.8) is 0 Å². The number of thiophene rings is 1. The van der Waals surface area contributed by atoms with E-state index >= 15 is 0 Å². The molecule has 0 aliphatic carbocycles. The van der Waals surface area contributed by atoms with E-state index in [1.54, 1.807) is 29.5 Å². The van der Waals surface area contributed by atoms with Gasteiger partial charge in [-0.2, -0.15) is 5.10 Å². The van der Waals surface area contributed by atoms with E-state index in [-0.39, 0.29) is 6.04 Å². The van der Waals surface area contributed by atoms with E-state index in [1.807, 2.05) is 47.1 Å². The molecule has 2 aromatic heterocycles. The summed E-state index contributed by atoms with van der Waals surface area (Å²) in [6, 6.07) is 31.7. The Kier molecular flexibility index (Phi) is 8.83. The highest BCUT2D eigenvalue weighted by molar-refractivity contribution is 7.72. The maximum atomic E-state index is 11.5. The average Bonchev–Trinajstić information content (AvgIpc) is 3.60. The second kappa shape index (κ2) is 12.5. The molecule has 0 fully saturated rings. The molecule has 1 atom stereocenters. The number of aromatic nitrogens is 2. The molecule has 0 radical (unpaired) electrons. The van der Waals surface area contributed by atoms with Gasteiger partial charge in [0, 0.05) is 24.0 Å². The maximum Gasteiger partial charge on any atom is 0.168 e. The second-order valence-electron chi connectivity index (χ2n) is 9.96. The van der Waals surface area contributed by atoms with Gasteiger partial charge in [0.25, 0.3) is 0 Å². The van der Waals surface area contributed by atoms with Crippen molar-refractivity contribution in [2.75, 3.05) is 27.7 Å². The quantitative estimate of drug-likeness (QED) is 0.185. The number of rotatable bonds is 10. The summed E-state index contributed by atoms with van der Waals surface area (Å²) < 4.78 is 25.0. The molecule has 1 unspecified atom stereocenters. The van der Waals surface area contributed by atoms with E-state index in [0.717, 1.165) is 38.9 Å². The van der Waals surface area contributed by atoms with Crippen LogP contribution in [0.4, 0.5) is 0 Å². The highest BCUT2D eigenvalue weighted by Crippen LogP contribution is 2.37. The van der Waals surface area contributed by atoms with E-state index in [9.17, 15) is 8.42 Å². The summed E-state index contributed by atoms with van der Waals surface area (Å²) in [5.41, 5.74) is 4.79. The number of para-hydroxylation sites is 1. The van der Waals surface area contributed by atoms with Gasteiger partial charge in [0.2, 0.25) is 0 Å². The molecule has 5 rings (SSSR count). The van der Waals surface area contributed by atoms with Crippen LogP contribution in [0.2, 0.25) is 5.02 Å². The maximum absolute atomic E-state index is 11.5. The number of hydrogen-bond donors (Lipinski definition) is 1. The van der Waals surface area contributed by atoms with Crippen LogP contribution in [0.25, 0.3) is 26.7 Å². The van der Waals surface area contributed by atoms with E-state index in [0.29, 0.717) is 16.5 Å². The normalized spacial score (nSPS) is 12.5. The predicted molar refractivity (Wildman–Crippen MR) is 165 cm³/mol. The molecule has 0 bridgehead atoms. The lowest BCUT2D eigenvalue weighted by Gasteiger charge is -2.30. The molecule has 0 saturated heterocycles. The van der Waals surface area contributed by atoms with Crippen LogP contribution in [0, 0.1) is 0 Å². The highest BCUT2D eigenvalue weighted by atomic mass is 35.5. The second-order valence-corrected chi connectivity index (χ2v) is 12.5. The van der Waals surface area contributed by atoms with Crippen LogP contribution in [0.5, 0.6) is 0 Å². The lowest BCUT2D eigenvalue weighted by atomic mass is 10.1. The van der Waals surface area contributed by atoms with E-state index in [1.165, 1.54) is 5.56 Å². The van der Waals surface area contributed by atoms with Gasteiger partial charge in [-0.15, -0.1) is 11.3 Å². The Morgan fingerprint density at radius 2 is 1.60 bits per heavy atom. The molecule has 0 N–H and O–H groups in total. The van der Waals surface area contributed by atoms with Gasteiger partial charge >= 0.3 is 0 Å². The Morgan fingerprint density at radius 3 is 2.33 bits per heavy atom. The third kappa shape index (κ3) is 6.37. The molecule has 0 aliphatic heterocycles. The molecule has 0 amide bonds. The van der Waals surface area contributed by atoms with Crippen molar-refractivity contribution in [3.05, 3.63) is 113 Å². The average molecular weight is 591 g/mol. The van der Waals surface area contributed by atoms with Gasteiger partial charge in [0.1, 0.15) is 0 Å². The number of hydrogen-bond acceptors (Lipinski definition) is 6. The van der Waals surface area contributed by atoms with Crippen molar-refractivity contribution >= 4 is 33.6 Å². The first kappa shape index (κ1) is 28.3. The van der Waals surface area contributed by atoms with Crippen molar-refractivity contribution in [3.8, 4) is 26.7 Å². The van der Waals surface area contributed by atoms with Crippen LogP contribution in [0.1, 0.15) is 17.3 Å². The first-order valence-corrected chi connectivity index (χ1v) is 15.3. The SMILES string of the molecule is CN(C)CC(c1ccccc1)N(C)Cc1cc(-c2ccc(-c3cccc([SH](=O)=O)c3)s2)n(-c2ccccc2Cl)n1. The van der Waals surface area contributed by atoms with Gasteiger partial charge in [0.05, 0.1) is 31.9 Å². The van der Waals surface area contributed by atoms with Crippen LogP contribution >= 0.6 is 22.9 Å². The molecule has 206 valence electrons. The zero-order valence-corrected chi connectivity index (χ0v) is 25.0. The molecule has 2 heterocycles. The summed E-state index contributed by atoms with van der Waals surface area (Å²) in [4.78, 5) is 6.83. The standard InChI is InChI=1S/C31H31ClN4O2S2/c1-34(2)21-29(22-10-5-4-6-11-22)35(3)20-24-19-28(36(33-24)27-15-8-7-14-26(27)32)31-17-16-30(39-31)23-12-9-13-25(18-23)40(37)38/h4-19,29,40H,20-21H2,1-3H3. The molecular weight excluding hydrogens is 560 g/mol. The summed E-state index contributed by atoms with van der Waals surface area (Å²) in [5.74, 6) is 0. The first-order chi connectivity index (χ1) is 19.3. The highest BCUT2D eigenvalue weighted by Gasteiger charge is 2.22. The third-order valence-electron chi connectivity index (χ3n) is 6.71. The van der Waals surface area contributed by atoms with Crippen molar-refractivity contribution < 1.29 is 8.42 Å². The minimum Gasteiger partial charge on any atom is -0.307 e. The lowest BCUT2D eigenvalue weighted by molar-refractivity contribution is 0.188. The lowest BCUT2D eigenvalue weighted by Crippen LogP contribution is -2.32. The van der Waals surface area contributed by atoms with E-state index in [4.69, 9.17) is 16.7 Å². The summed E-state index contributed by atoms with van der Waals surface area (Å²) in [5, 5.41) is 5.65. The topological polar surface area (TPSA) is 58.4 Å². The van der Waals surface area contributed by atoms with Gasteiger partial charge < -0.3 is 4.90 Å². The van der Waals surface area contributed by atoms with Gasteiger partial charge in [-0.25, -0.2) is 13.1 Å². The van der Waals surface area contributed by atoms with Crippen molar-refractivity contribution in [2.45, 2.75) is 17.5 Å². The summed E-state index contributed by atoms with van der Waals surface area (Å²) in [6.45, 7) is 1.52. The van der Waals surface area contributed by atoms with Gasteiger partial charge in [-0.3, -0.25) is 4.90 Å². The fraction of sp³-hybridized carbons (Fsp3) is 0.194. The summed E-state index contributed by atoms with van der Waals surface area (Å²) in [6.07, 6.45) is 0. The number of benzene rings is 3. The Morgan fingerprint density at radius 1 is 0.875 bits per heavy atom. The molecule has 0 aliphatic rings. The molecule has 9 heteroatoms. The van der Waals surface area contributed by atoms with Crippen molar-refractivity contribution in [1.82, 2.24) is 19.6 Å². The number of nitrogens with zero attached hydrogens (tertiary/aromatic N) is 4. The summed E-state index contributed by atoms with van der Waals surface area (Å²) >= 11 is 8.24. The number of thiol groups is 1.